The zero-order valence-corrected chi connectivity index (χ0v) is 12.6. The summed E-state index contributed by atoms with van der Waals surface area (Å²) >= 11 is 0. The summed E-state index contributed by atoms with van der Waals surface area (Å²) in [6.07, 6.45) is 1.63. The maximum atomic E-state index is 12.4. The van der Waals surface area contributed by atoms with Crippen LogP contribution in [-0.4, -0.2) is 27.8 Å². The lowest BCUT2D eigenvalue weighted by atomic mass is 9.93. The number of pyridine rings is 1. The first-order valence-electron chi connectivity index (χ1n) is 7.40. The average molecular weight is 326 g/mol. The number of rotatable bonds is 3. The van der Waals surface area contributed by atoms with Crippen molar-refractivity contribution in [3.05, 3.63) is 63.1 Å². The number of para-hydroxylation sites is 1. The number of H-pyrrole nitrogens is 1. The highest BCUT2D eigenvalue weighted by Crippen LogP contribution is 2.20. The van der Waals surface area contributed by atoms with Crippen molar-refractivity contribution in [3.8, 4) is 0 Å². The van der Waals surface area contributed by atoms with Crippen molar-refractivity contribution < 1.29 is 19.5 Å². The molecule has 1 amide bonds. The second-order valence-electron chi connectivity index (χ2n) is 5.49. The van der Waals surface area contributed by atoms with Crippen LogP contribution in [0.4, 0.5) is 5.69 Å². The monoisotopic (exact) mass is 326 g/mol. The standard InChI is InChI=1S/C17H14N2O5/c20-14-7-3-6-13-10(14)8-11(16(22)19-13)15(21)18-12-5-2-1-4-9(12)17(23)24/h1-2,4-5,8H,3,6-7H2,(H,18,21)(H,19,22)(H,23,24). The Balaban J connectivity index is 1.97. The van der Waals surface area contributed by atoms with E-state index in [2.05, 4.69) is 10.3 Å². The summed E-state index contributed by atoms with van der Waals surface area (Å²) in [4.78, 5) is 50.2. The fourth-order valence-corrected chi connectivity index (χ4v) is 2.71. The maximum absolute atomic E-state index is 12.4. The van der Waals surface area contributed by atoms with Gasteiger partial charge in [-0.3, -0.25) is 14.4 Å². The van der Waals surface area contributed by atoms with Crippen molar-refractivity contribution in [1.82, 2.24) is 4.98 Å². The van der Waals surface area contributed by atoms with Gasteiger partial charge in [0.05, 0.1) is 11.3 Å². The molecule has 7 heteroatoms. The van der Waals surface area contributed by atoms with E-state index in [9.17, 15) is 19.2 Å². The van der Waals surface area contributed by atoms with Crippen LogP contribution in [0, 0.1) is 0 Å². The molecule has 0 spiro atoms. The lowest BCUT2D eigenvalue weighted by Gasteiger charge is -2.15. The predicted molar refractivity (Wildman–Crippen MR) is 85.7 cm³/mol. The highest BCUT2D eigenvalue weighted by atomic mass is 16.4. The molecule has 0 radical (unpaired) electrons. The number of hydrogen-bond donors (Lipinski definition) is 3. The molecule has 0 fully saturated rings. The number of anilines is 1. The normalized spacial score (nSPS) is 13.2. The largest absolute Gasteiger partial charge is 0.478 e. The van der Waals surface area contributed by atoms with Gasteiger partial charge in [-0.25, -0.2) is 4.79 Å². The number of nitrogens with one attached hydrogen (secondary N) is 2. The minimum Gasteiger partial charge on any atom is -0.478 e. The lowest BCUT2D eigenvalue weighted by molar-refractivity contribution is 0.0697. The number of fused-ring (bicyclic) bond motifs is 1. The van der Waals surface area contributed by atoms with Crippen molar-refractivity contribution in [1.29, 1.82) is 0 Å². The SMILES string of the molecule is O=C(O)c1ccccc1NC(=O)c1cc2c([nH]c1=O)CCCC2=O. The Hall–Kier alpha value is -3.22. The molecule has 122 valence electrons. The van der Waals surface area contributed by atoms with Crippen LogP contribution in [0.2, 0.25) is 0 Å². The summed E-state index contributed by atoms with van der Waals surface area (Å²) in [5.74, 6) is -2.07. The maximum Gasteiger partial charge on any atom is 0.337 e. The molecule has 0 atom stereocenters. The Labute approximate surface area is 136 Å². The molecule has 1 aromatic carbocycles. The third-order valence-electron chi connectivity index (χ3n) is 3.90. The second kappa shape index (κ2) is 6.11. The molecule has 2 aromatic rings. The summed E-state index contributed by atoms with van der Waals surface area (Å²) in [7, 11) is 0. The Morgan fingerprint density at radius 3 is 2.58 bits per heavy atom. The molecular weight excluding hydrogens is 312 g/mol. The van der Waals surface area contributed by atoms with E-state index < -0.39 is 17.4 Å². The van der Waals surface area contributed by atoms with Crippen molar-refractivity contribution >= 4 is 23.3 Å². The van der Waals surface area contributed by atoms with E-state index in [0.29, 0.717) is 30.5 Å². The Morgan fingerprint density at radius 2 is 1.83 bits per heavy atom. The van der Waals surface area contributed by atoms with Crippen molar-refractivity contribution in [2.45, 2.75) is 19.3 Å². The van der Waals surface area contributed by atoms with Gasteiger partial charge in [-0.05, 0) is 31.0 Å². The van der Waals surface area contributed by atoms with E-state index in [0.717, 1.165) is 0 Å². The van der Waals surface area contributed by atoms with Gasteiger partial charge in [0, 0.05) is 17.7 Å². The third-order valence-corrected chi connectivity index (χ3v) is 3.90. The molecular formula is C17H14N2O5. The molecule has 1 aliphatic carbocycles. The van der Waals surface area contributed by atoms with Gasteiger partial charge < -0.3 is 15.4 Å². The van der Waals surface area contributed by atoms with E-state index in [-0.39, 0.29) is 22.6 Å². The summed E-state index contributed by atoms with van der Waals surface area (Å²) in [5, 5.41) is 11.6. The Bertz CT molecular complexity index is 913. The van der Waals surface area contributed by atoms with Gasteiger partial charge in [-0.15, -0.1) is 0 Å². The topological polar surface area (TPSA) is 116 Å². The number of amides is 1. The molecule has 0 saturated heterocycles. The van der Waals surface area contributed by atoms with E-state index in [1.165, 1.54) is 24.3 Å². The molecule has 0 bridgehead atoms. The van der Waals surface area contributed by atoms with E-state index >= 15 is 0 Å². The highest BCUT2D eigenvalue weighted by Gasteiger charge is 2.22. The number of carboxylic acid groups (broad SMARTS) is 1. The molecule has 7 nitrogen and oxygen atoms in total. The number of carboxylic acids is 1. The van der Waals surface area contributed by atoms with E-state index in [1.54, 1.807) is 6.07 Å². The Morgan fingerprint density at radius 1 is 1.08 bits per heavy atom. The summed E-state index contributed by atoms with van der Waals surface area (Å²) in [6.45, 7) is 0. The van der Waals surface area contributed by atoms with Gasteiger partial charge in [0.25, 0.3) is 11.5 Å². The van der Waals surface area contributed by atoms with Crippen LogP contribution < -0.4 is 10.9 Å². The molecule has 0 unspecified atom stereocenters. The van der Waals surface area contributed by atoms with Gasteiger partial charge >= 0.3 is 5.97 Å². The fourth-order valence-electron chi connectivity index (χ4n) is 2.71. The van der Waals surface area contributed by atoms with Crippen LogP contribution in [0.5, 0.6) is 0 Å². The number of Topliss-reactive ketones (excluding diaryl/α,β-unsaturated/α-hetero) is 1. The molecule has 1 aliphatic rings. The number of aromatic nitrogens is 1. The molecule has 0 aliphatic heterocycles. The third kappa shape index (κ3) is 2.83. The van der Waals surface area contributed by atoms with Crippen molar-refractivity contribution in [2.24, 2.45) is 0 Å². The first-order chi connectivity index (χ1) is 11.5. The van der Waals surface area contributed by atoms with Gasteiger partial charge in [0.2, 0.25) is 0 Å². The van der Waals surface area contributed by atoms with Crippen LogP contribution in [0.25, 0.3) is 0 Å². The van der Waals surface area contributed by atoms with Crippen molar-refractivity contribution in [2.75, 3.05) is 5.32 Å². The molecule has 1 aromatic heterocycles. The number of hydrogen-bond acceptors (Lipinski definition) is 4. The van der Waals surface area contributed by atoms with Gasteiger partial charge in [-0.1, -0.05) is 12.1 Å². The summed E-state index contributed by atoms with van der Waals surface area (Å²) < 4.78 is 0. The minimum absolute atomic E-state index is 0.0819. The Kier molecular flexibility index (Phi) is 3.99. The quantitative estimate of drug-likeness (QED) is 0.796. The first-order valence-corrected chi connectivity index (χ1v) is 7.40. The number of ketones is 1. The zero-order chi connectivity index (χ0) is 17.3. The van der Waals surface area contributed by atoms with Crippen LogP contribution in [0.3, 0.4) is 0 Å². The average Bonchev–Trinajstić information content (AvgIpc) is 2.54. The molecule has 3 rings (SSSR count). The predicted octanol–water partition coefficient (Wildman–Crippen LogP) is 1.84. The fraction of sp³-hybridized carbons (Fsp3) is 0.176. The number of carbonyl (C=O) groups is 3. The van der Waals surface area contributed by atoms with Gasteiger partial charge in [-0.2, -0.15) is 0 Å². The lowest BCUT2D eigenvalue weighted by Crippen LogP contribution is -2.27. The van der Waals surface area contributed by atoms with Crippen LogP contribution in [-0.2, 0) is 6.42 Å². The van der Waals surface area contributed by atoms with Crippen LogP contribution >= 0.6 is 0 Å². The number of carbonyl (C=O) groups excluding carboxylic acids is 2. The molecule has 0 saturated carbocycles. The van der Waals surface area contributed by atoms with Gasteiger partial charge in [0.1, 0.15) is 5.56 Å². The molecule has 24 heavy (non-hydrogen) atoms. The molecule has 1 heterocycles. The second-order valence-corrected chi connectivity index (χ2v) is 5.49. The summed E-state index contributed by atoms with van der Waals surface area (Å²) in [5.41, 5.74) is 0.0592. The van der Waals surface area contributed by atoms with E-state index in [1.807, 2.05) is 0 Å². The first kappa shape index (κ1) is 15.7. The van der Waals surface area contributed by atoms with Crippen LogP contribution in [0.1, 0.15) is 49.6 Å². The number of aryl methyl sites for hydroxylation is 1. The minimum atomic E-state index is -1.19. The zero-order valence-electron chi connectivity index (χ0n) is 12.6. The highest BCUT2D eigenvalue weighted by molar-refractivity contribution is 6.09. The number of aromatic carboxylic acids is 1. The molecule has 3 N–H and O–H groups in total. The summed E-state index contributed by atoms with van der Waals surface area (Å²) in [6, 6.07) is 7.16. The number of benzene rings is 1. The van der Waals surface area contributed by atoms with Crippen molar-refractivity contribution in [3.63, 3.8) is 0 Å². The smallest absolute Gasteiger partial charge is 0.337 e. The van der Waals surface area contributed by atoms with Crippen LogP contribution in [0.15, 0.2) is 35.1 Å². The number of aromatic amines is 1. The van der Waals surface area contributed by atoms with Gasteiger partial charge in [0.15, 0.2) is 5.78 Å². The van der Waals surface area contributed by atoms with E-state index in [4.69, 9.17) is 5.11 Å².